The summed E-state index contributed by atoms with van der Waals surface area (Å²) in [7, 11) is 0. The third-order valence-electron chi connectivity index (χ3n) is 3.55. The fourth-order valence-electron chi connectivity index (χ4n) is 2.19. The molecule has 0 spiro atoms. The summed E-state index contributed by atoms with van der Waals surface area (Å²) in [4.78, 5) is 25.7. The summed E-state index contributed by atoms with van der Waals surface area (Å²) in [6, 6.07) is -0.275. The lowest BCUT2D eigenvalue weighted by atomic mass is 9.93. The highest BCUT2D eigenvalue weighted by atomic mass is 16.2. The fourth-order valence-corrected chi connectivity index (χ4v) is 2.19. The molecule has 110 valence electrons. The van der Waals surface area contributed by atoms with Crippen LogP contribution in [0.3, 0.4) is 0 Å². The molecule has 0 bridgehead atoms. The van der Waals surface area contributed by atoms with Crippen molar-refractivity contribution in [2.45, 2.75) is 59.0 Å². The molecule has 2 amide bonds. The highest BCUT2D eigenvalue weighted by Crippen LogP contribution is 2.20. The summed E-state index contributed by atoms with van der Waals surface area (Å²) >= 11 is 0. The molecule has 0 aliphatic carbocycles. The van der Waals surface area contributed by atoms with Crippen molar-refractivity contribution in [1.29, 1.82) is 0 Å². The molecule has 5 heteroatoms. The van der Waals surface area contributed by atoms with E-state index < -0.39 is 6.04 Å². The molecule has 1 heterocycles. The van der Waals surface area contributed by atoms with Gasteiger partial charge in [-0.3, -0.25) is 9.59 Å². The predicted molar refractivity (Wildman–Crippen MR) is 75.5 cm³/mol. The van der Waals surface area contributed by atoms with Gasteiger partial charge in [0.15, 0.2) is 0 Å². The monoisotopic (exact) mass is 269 g/mol. The molecule has 0 aromatic carbocycles. The Morgan fingerprint density at radius 2 is 1.84 bits per heavy atom. The van der Waals surface area contributed by atoms with Crippen LogP contribution in [0.1, 0.15) is 47.0 Å². The molecule has 3 N–H and O–H groups in total. The Kier molecular flexibility index (Phi) is 5.35. The number of hydrogen-bond acceptors (Lipinski definition) is 3. The molecular formula is C14H27N3O2. The summed E-state index contributed by atoms with van der Waals surface area (Å²) in [5.41, 5.74) is 5.36. The standard InChI is InChI=1S/C14H27N3O2/c1-5-11(15)12(18)16-10-6-8-17(9-7-10)13(19)14(2,3)4/h10-11H,5-9,15H2,1-4H3,(H,16,18). The van der Waals surface area contributed by atoms with Crippen molar-refractivity contribution in [3.05, 3.63) is 0 Å². The van der Waals surface area contributed by atoms with Crippen molar-refractivity contribution in [3.63, 3.8) is 0 Å². The molecular weight excluding hydrogens is 242 g/mol. The van der Waals surface area contributed by atoms with E-state index in [4.69, 9.17) is 5.73 Å². The van der Waals surface area contributed by atoms with Crippen molar-refractivity contribution in [2.75, 3.05) is 13.1 Å². The van der Waals surface area contributed by atoms with E-state index in [9.17, 15) is 9.59 Å². The first-order valence-corrected chi connectivity index (χ1v) is 7.11. The van der Waals surface area contributed by atoms with Gasteiger partial charge in [-0.15, -0.1) is 0 Å². The van der Waals surface area contributed by atoms with E-state index >= 15 is 0 Å². The third-order valence-corrected chi connectivity index (χ3v) is 3.55. The number of nitrogens with one attached hydrogen (secondary N) is 1. The van der Waals surface area contributed by atoms with E-state index in [-0.39, 0.29) is 23.3 Å². The average molecular weight is 269 g/mol. The maximum Gasteiger partial charge on any atom is 0.237 e. The Balaban J connectivity index is 2.41. The van der Waals surface area contributed by atoms with Gasteiger partial charge in [0.1, 0.15) is 0 Å². The smallest absolute Gasteiger partial charge is 0.237 e. The molecule has 1 atom stereocenters. The molecule has 1 rings (SSSR count). The van der Waals surface area contributed by atoms with Gasteiger partial charge >= 0.3 is 0 Å². The second-order valence-corrected chi connectivity index (χ2v) is 6.34. The number of rotatable bonds is 3. The van der Waals surface area contributed by atoms with E-state index in [1.165, 1.54) is 0 Å². The number of amides is 2. The summed E-state index contributed by atoms with van der Waals surface area (Å²) in [5.74, 6) is 0.102. The molecule has 0 radical (unpaired) electrons. The van der Waals surface area contributed by atoms with Crippen LogP contribution in [-0.4, -0.2) is 41.9 Å². The molecule has 1 aliphatic rings. The number of piperidine rings is 1. The van der Waals surface area contributed by atoms with Crippen LogP contribution in [0.5, 0.6) is 0 Å². The maximum atomic E-state index is 12.1. The molecule has 1 fully saturated rings. The molecule has 0 aromatic rings. The SMILES string of the molecule is CCC(N)C(=O)NC1CCN(C(=O)C(C)(C)C)CC1. The topological polar surface area (TPSA) is 75.4 Å². The van der Waals surface area contributed by atoms with Gasteiger partial charge in [-0.2, -0.15) is 0 Å². The van der Waals surface area contributed by atoms with Gasteiger partial charge in [-0.25, -0.2) is 0 Å². The van der Waals surface area contributed by atoms with Gasteiger partial charge in [0.2, 0.25) is 11.8 Å². The molecule has 0 aromatic heterocycles. The normalized spacial score (nSPS) is 19.1. The van der Waals surface area contributed by atoms with Crippen LogP contribution in [0.4, 0.5) is 0 Å². The lowest BCUT2D eigenvalue weighted by Gasteiger charge is -2.36. The van der Waals surface area contributed by atoms with Gasteiger partial charge < -0.3 is 16.0 Å². The van der Waals surface area contributed by atoms with E-state index in [1.807, 2.05) is 32.6 Å². The van der Waals surface area contributed by atoms with Crippen LogP contribution in [0.25, 0.3) is 0 Å². The third kappa shape index (κ3) is 4.49. The average Bonchev–Trinajstić information content (AvgIpc) is 2.36. The first kappa shape index (κ1) is 16.0. The zero-order valence-corrected chi connectivity index (χ0v) is 12.5. The van der Waals surface area contributed by atoms with Gasteiger partial charge in [0.25, 0.3) is 0 Å². The van der Waals surface area contributed by atoms with E-state index in [1.54, 1.807) is 0 Å². The summed E-state index contributed by atoms with van der Waals surface area (Å²) in [6.45, 7) is 9.12. The first-order valence-electron chi connectivity index (χ1n) is 7.11. The maximum absolute atomic E-state index is 12.1. The fraction of sp³-hybridized carbons (Fsp3) is 0.857. The Labute approximate surface area is 115 Å². The quantitative estimate of drug-likeness (QED) is 0.798. The van der Waals surface area contributed by atoms with Gasteiger partial charge in [0, 0.05) is 24.5 Å². The van der Waals surface area contributed by atoms with Gasteiger partial charge in [-0.05, 0) is 19.3 Å². The van der Waals surface area contributed by atoms with Crippen molar-refractivity contribution in [2.24, 2.45) is 11.1 Å². The zero-order valence-electron chi connectivity index (χ0n) is 12.5. The van der Waals surface area contributed by atoms with Crippen LogP contribution < -0.4 is 11.1 Å². The predicted octanol–water partition coefficient (Wildman–Crippen LogP) is 0.877. The molecule has 1 saturated heterocycles. The molecule has 1 aliphatic heterocycles. The van der Waals surface area contributed by atoms with E-state index in [0.29, 0.717) is 19.5 Å². The number of nitrogens with two attached hydrogens (primary N) is 1. The van der Waals surface area contributed by atoms with E-state index in [0.717, 1.165) is 12.8 Å². The first-order chi connectivity index (χ1) is 8.75. The van der Waals surface area contributed by atoms with Gasteiger partial charge in [-0.1, -0.05) is 27.7 Å². The van der Waals surface area contributed by atoms with Crippen molar-refractivity contribution >= 4 is 11.8 Å². The highest BCUT2D eigenvalue weighted by molar-refractivity contribution is 5.82. The van der Waals surface area contributed by atoms with E-state index in [2.05, 4.69) is 5.32 Å². The van der Waals surface area contributed by atoms with Gasteiger partial charge in [0.05, 0.1) is 6.04 Å². The van der Waals surface area contributed by atoms with Crippen LogP contribution in [0, 0.1) is 5.41 Å². The Hall–Kier alpha value is -1.10. The summed E-state index contributed by atoms with van der Waals surface area (Å²) in [5, 5.41) is 2.97. The summed E-state index contributed by atoms with van der Waals surface area (Å²) < 4.78 is 0. The minimum atomic E-state index is -0.422. The lowest BCUT2D eigenvalue weighted by molar-refractivity contribution is -0.140. The number of likely N-dealkylation sites (tertiary alicyclic amines) is 1. The highest BCUT2D eigenvalue weighted by Gasteiger charge is 2.30. The van der Waals surface area contributed by atoms with Crippen LogP contribution in [0.15, 0.2) is 0 Å². The molecule has 0 saturated carbocycles. The van der Waals surface area contributed by atoms with Crippen molar-refractivity contribution in [1.82, 2.24) is 10.2 Å². The second-order valence-electron chi connectivity index (χ2n) is 6.34. The minimum Gasteiger partial charge on any atom is -0.352 e. The largest absolute Gasteiger partial charge is 0.352 e. The number of carbonyl (C=O) groups excluding carboxylic acids is 2. The van der Waals surface area contributed by atoms with Crippen molar-refractivity contribution in [3.8, 4) is 0 Å². The van der Waals surface area contributed by atoms with Crippen LogP contribution in [0.2, 0.25) is 0 Å². The lowest BCUT2D eigenvalue weighted by Crippen LogP contribution is -2.51. The Morgan fingerprint density at radius 1 is 1.32 bits per heavy atom. The molecule has 1 unspecified atom stereocenters. The number of carbonyl (C=O) groups is 2. The number of nitrogens with zero attached hydrogens (tertiary/aromatic N) is 1. The number of hydrogen-bond donors (Lipinski definition) is 2. The van der Waals surface area contributed by atoms with Crippen LogP contribution >= 0.6 is 0 Å². The zero-order chi connectivity index (χ0) is 14.6. The minimum absolute atomic E-state index is 0.0805. The van der Waals surface area contributed by atoms with Crippen molar-refractivity contribution < 1.29 is 9.59 Å². The summed E-state index contributed by atoms with van der Waals surface area (Å²) in [6.07, 6.45) is 2.27. The molecule has 19 heavy (non-hydrogen) atoms. The van der Waals surface area contributed by atoms with Crippen LogP contribution in [-0.2, 0) is 9.59 Å². The molecule has 5 nitrogen and oxygen atoms in total. The Bertz CT molecular complexity index is 328. The Morgan fingerprint density at radius 3 is 2.26 bits per heavy atom. The second kappa shape index (κ2) is 6.37.